The second-order valence-electron chi connectivity index (χ2n) is 5.68. The van der Waals surface area contributed by atoms with E-state index in [9.17, 15) is 0 Å². The van der Waals surface area contributed by atoms with Crippen LogP contribution in [0.3, 0.4) is 0 Å². The highest BCUT2D eigenvalue weighted by atomic mass is 35.5. The van der Waals surface area contributed by atoms with E-state index in [2.05, 4.69) is 11.7 Å². The first-order valence-corrected chi connectivity index (χ1v) is 8.54. The van der Waals surface area contributed by atoms with E-state index in [1.54, 1.807) is 18.2 Å². The van der Waals surface area contributed by atoms with Gasteiger partial charge in [0.25, 0.3) is 0 Å². The first-order valence-electron chi connectivity index (χ1n) is 7.78. The lowest BCUT2D eigenvalue weighted by Gasteiger charge is -2.12. The van der Waals surface area contributed by atoms with Crippen LogP contribution in [0.4, 0.5) is 0 Å². The Morgan fingerprint density at radius 2 is 2.08 bits per heavy atom. The molecule has 3 rings (SSSR count). The van der Waals surface area contributed by atoms with E-state index >= 15 is 0 Å². The van der Waals surface area contributed by atoms with E-state index in [0.717, 1.165) is 24.2 Å². The van der Waals surface area contributed by atoms with Gasteiger partial charge in [0.1, 0.15) is 23.8 Å². The highest BCUT2D eigenvalue weighted by Gasteiger charge is 2.33. The zero-order valence-electron chi connectivity index (χ0n) is 13.7. The second-order valence-corrected chi connectivity index (χ2v) is 6.50. The highest BCUT2D eigenvalue weighted by molar-refractivity contribution is 6.39. The summed E-state index contributed by atoms with van der Waals surface area (Å²) in [6.45, 7) is 3.78. The molecule has 25 heavy (non-hydrogen) atoms. The number of aromatic nitrogens is 1. The normalized spacial score (nSPS) is 14.8. The van der Waals surface area contributed by atoms with Crippen molar-refractivity contribution in [1.29, 1.82) is 0 Å². The molecule has 0 spiro atoms. The average molecular weight is 381 g/mol. The lowest BCUT2D eigenvalue weighted by molar-refractivity contribution is 0.0491. The molecule has 0 atom stereocenters. The van der Waals surface area contributed by atoms with Crippen molar-refractivity contribution >= 4 is 23.2 Å². The summed E-state index contributed by atoms with van der Waals surface area (Å²) in [7, 11) is 1.48. The number of allylic oxidation sites excluding steroid dienone is 1. The number of hydrogen-bond donors (Lipinski definition) is 1. The molecule has 1 aliphatic rings. The first kappa shape index (κ1) is 17.7. The summed E-state index contributed by atoms with van der Waals surface area (Å²) < 4.78 is 16.5. The number of ether oxygens (including phenoxy) is 2. The number of rotatable bonds is 7. The summed E-state index contributed by atoms with van der Waals surface area (Å²) >= 11 is 12.7. The molecule has 0 unspecified atom stereocenters. The molecule has 132 valence electrons. The minimum absolute atomic E-state index is 0.171. The van der Waals surface area contributed by atoms with E-state index in [-0.39, 0.29) is 12.6 Å². The molecular weight excluding hydrogens is 363 g/mol. The maximum Gasteiger partial charge on any atom is 0.303 e. The summed E-state index contributed by atoms with van der Waals surface area (Å²) in [5, 5.41) is 5.20. The van der Waals surface area contributed by atoms with Crippen LogP contribution in [0.25, 0.3) is 11.3 Å². The van der Waals surface area contributed by atoms with E-state index in [4.69, 9.17) is 42.9 Å². The van der Waals surface area contributed by atoms with Crippen LogP contribution in [0, 0.1) is 0 Å². The van der Waals surface area contributed by atoms with Gasteiger partial charge in [0.15, 0.2) is 0 Å². The highest BCUT2D eigenvalue weighted by Crippen LogP contribution is 2.46. The molecule has 1 saturated carbocycles. The first-order chi connectivity index (χ1) is 12.1. The molecule has 0 saturated heterocycles. The van der Waals surface area contributed by atoms with Gasteiger partial charge in [-0.1, -0.05) is 41.0 Å². The molecule has 0 radical (unpaired) electrons. The van der Waals surface area contributed by atoms with Gasteiger partial charge in [-0.15, -0.1) is 0 Å². The number of nitrogens with two attached hydrogens (primary N) is 1. The van der Waals surface area contributed by atoms with E-state index in [0.29, 0.717) is 32.9 Å². The number of nitrogens with zero attached hydrogens (tertiary/aromatic N) is 1. The van der Waals surface area contributed by atoms with Gasteiger partial charge in [-0.2, -0.15) is 0 Å². The van der Waals surface area contributed by atoms with E-state index < -0.39 is 0 Å². The van der Waals surface area contributed by atoms with Crippen LogP contribution in [0.5, 0.6) is 0 Å². The molecular formula is C18H18Cl2N2O3. The maximum atomic E-state index is 6.33. The third-order valence-corrected chi connectivity index (χ3v) is 4.58. The third kappa shape index (κ3) is 3.62. The van der Waals surface area contributed by atoms with Gasteiger partial charge < -0.3 is 19.7 Å². The lowest BCUT2D eigenvalue weighted by Crippen LogP contribution is -2.06. The van der Waals surface area contributed by atoms with Crippen molar-refractivity contribution in [3.63, 3.8) is 0 Å². The monoisotopic (exact) mass is 380 g/mol. The van der Waals surface area contributed by atoms with Gasteiger partial charge in [0, 0.05) is 11.5 Å². The molecule has 2 N–H and O–H groups in total. The van der Waals surface area contributed by atoms with Crippen LogP contribution in [0.15, 0.2) is 47.0 Å². The molecule has 1 aromatic heterocycles. The van der Waals surface area contributed by atoms with Crippen LogP contribution >= 0.6 is 23.2 Å². The van der Waals surface area contributed by atoms with Crippen molar-refractivity contribution < 1.29 is 14.0 Å². The van der Waals surface area contributed by atoms with Crippen molar-refractivity contribution in [2.45, 2.75) is 25.4 Å². The zero-order chi connectivity index (χ0) is 18.0. The topological polar surface area (TPSA) is 70.5 Å². The Kier molecular flexibility index (Phi) is 5.25. The van der Waals surface area contributed by atoms with Crippen LogP contribution < -0.4 is 5.73 Å². The summed E-state index contributed by atoms with van der Waals surface area (Å²) in [5.74, 6) is 1.32. The Morgan fingerprint density at radius 3 is 2.64 bits per heavy atom. The van der Waals surface area contributed by atoms with Gasteiger partial charge in [-0.3, -0.25) is 0 Å². The molecule has 0 bridgehead atoms. The van der Waals surface area contributed by atoms with Crippen LogP contribution in [0.2, 0.25) is 10.0 Å². The minimum Gasteiger partial charge on any atom is -0.467 e. The Hall–Kier alpha value is -2.11. The zero-order valence-corrected chi connectivity index (χ0v) is 15.2. The Balaban J connectivity index is 2.00. The molecule has 0 amide bonds. The minimum atomic E-state index is 0.171. The maximum absolute atomic E-state index is 6.33. The number of benzene rings is 1. The fourth-order valence-electron chi connectivity index (χ4n) is 2.53. The average Bonchev–Trinajstić information content (AvgIpc) is 3.36. The van der Waals surface area contributed by atoms with E-state index in [1.165, 1.54) is 13.2 Å². The van der Waals surface area contributed by atoms with Crippen LogP contribution in [-0.4, -0.2) is 12.3 Å². The fourth-order valence-corrected chi connectivity index (χ4v) is 3.11. The van der Waals surface area contributed by atoms with Crippen molar-refractivity contribution in [3.8, 4) is 11.3 Å². The van der Waals surface area contributed by atoms with Gasteiger partial charge in [-0.25, -0.2) is 0 Å². The lowest BCUT2D eigenvalue weighted by atomic mass is 10.0. The van der Waals surface area contributed by atoms with Crippen molar-refractivity contribution in [2.75, 3.05) is 7.11 Å². The van der Waals surface area contributed by atoms with Gasteiger partial charge in [-0.05, 0) is 31.1 Å². The second kappa shape index (κ2) is 7.42. The van der Waals surface area contributed by atoms with Gasteiger partial charge in [0.05, 0.1) is 22.7 Å². The number of methoxy groups -OCH3 is 1. The van der Waals surface area contributed by atoms with Gasteiger partial charge >= 0.3 is 5.95 Å². The van der Waals surface area contributed by atoms with Crippen molar-refractivity contribution in [1.82, 2.24) is 5.16 Å². The Labute approximate surface area is 156 Å². The van der Waals surface area contributed by atoms with Crippen LogP contribution in [-0.2, 0) is 16.1 Å². The summed E-state index contributed by atoms with van der Waals surface area (Å²) in [5.41, 5.74) is 8.11. The fraction of sp³-hybridized carbons (Fsp3) is 0.278. The predicted molar refractivity (Wildman–Crippen MR) is 97.1 cm³/mol. The summed E-state index contributed by atoms with van der Waals surface area (Å²) in [6.07, 6.45) is 3.57. The summed E-state index contributed by atoms with van der Waals surface area (Å²) in [6, 6.07) is 5.30. The third-order valence-electron chi connectivity index (χ3n) is 3.95. The molecule has 1 heterocycles. The standard InChI is InChI=1S/C18H18Cl2N2O3/c1-3-14(21)18(23-2)24-9-11-16(22-25-17(11)10-7-8-10)15-12(19)5-4-6-13(15)20/h3-6,10H,1,7-9,21H2,2H3/b18-14+. The van der Waals surface area contributed by atoms with Crippen LogP contribution in [0.1, 0.15) is 30.1 Å². The molecule has 1 aromatic carbocycles. The molecule has 1 fully saturated rings. The largest absolute Gasteiger partial charge is 0.467 e. The Bertz CT molecular complexity index is 805. The number of hydrogen-bond acceptors (Lipinski definition) is 5. The predicted octanol–water partition coefficient (Wildman–Crippen LogP) is 5.00. The number of halogens is 2. The molecule has 2 aromatic rings. The molecule has 1 aliphatic carbocycles. The van der Waals surface area contributed by atoms with Crippen molar-refractivity contribution in [2.24, 2.45) is 5.73 Å². The van der Waals surface area contributed by atoms with Crippen molar-refractivity contribution in [3.05, 3.63) is 63.9 Å². The summed E-state index contributed by atoms with van der Waals surface area (Å²) in [4.78, 5) is 0. The quantitative estimate of drug-likeness (QED) is 0.540. The van der Waals surface area contributed by atoms with Gasteiger partial charge in [0.2, 0.25) is 0 Å². The molecule has 7 heteroatoms. The smallest absolute Gasteiger partial charge is 0.303 e. The Morgan fingerprint density at radius 1 is 1.40 bits per heavy atom. The SMILES string of the molecule is C=C/C(N)=C(/OC)OCc1c(-c2c(Cl)cccc2Cl)noc1C1CC1. The molecule has 0 aliphatic heterocycles. The van der Waals surface area contributed by atoms with E-state index in [1.807, 2.05) is 0 Å². The molecule has 5 nitrogen and oxygen atoms in total.